The van der Waals surface area contributed by atoms with Crippen LogP contribution in [0.2, 0.25) is 5.02 Å². The number of carbonyl (C=O) groups is 1. The van der Waals surface area contributed by atoms with E-state index in [1.807, 2.05) is 12.1 Å². The van der Waals surface area contributed by atoms with Gasteiger partial charge in [-0.05, 0) is 42.8 Å². The largest absolute Gasteiger partial charge is 0.486 e. The lowest BCUT2D eigenvalue weighted by molar-refractivity contribution is -0.121. The van der Waals surface area contributed by atoms with Gasteiger partial charge >= 0.3 is 0 Å². The standard InChI is InChI=1S/C17H21ClN4O3S/c1-2-3-14-20-21-17(26)22(14)10-15(23)19-5-4-11-8-12(18)16-13(9-11)24-6-7-25-16/h8-9H,2-7,10H2,1H3,(H,19,23)(H,21,26). The molecule has 2 heterocycles. The fraction of sp³-hybridized carbons (Fsp3) is 0.471. The number of carbonyl (C=O) groups excluding carboxylic acids is 1. The summed E-state index contributed by atoms with van der Waals surface area (Å²) in [5, 5.41) is 10.3. The van der Waals surface area contributed by atoms with Gasteiger partial charge in [0, 0.05) is 13.0 Å². The number of nitrogens with one attached hydrogen (secondary N) is 2. The zero-order chi connectivity index (χ0) is 18.5. The van der Waals surface area contributed by atoms with Gasteiger partial charge < -0.3 is 14.8 Å². The third-order valence-corrected chi connectivity index (χ3v) is 4.60. The van der Waals surface area contributed by atoms with Crippen molar-refractivity contribution in [3.05, 3.63) is 33.3 Å². The Morgan fingerprint density at radius 1 is 1.38 bits per heavy atom. The van der Waals surface area contributed by atoms with Crippen molar-refractivity contribution in [3.8, 4) is 11.5 Å². The van der Waals surface area contributed by atoms with Crippen molar-refractivity contribution >= 4 is 29.7 Å². The molecule has 0 radical (unpaired) electrons. The van der Waals surface area contributed by atoms with Gasteiger partial charge in [0.15, 0.2) is 16.3 Å². The number of aromatic amines is 1. The van der Waals surface area contributed by atoms with Gasteiger partial charge in [-0.2, -0.15) is 5.10 Å². The molecule has 1 amide bonds. The van der Waals surface area contributed by atoms with E-state index in [-0.39, 0.29) is 12.5 Å². The first-order chi connectivity index (χ1) is 12.6. The predicted molar refractivity (Wildman–Crippen MR) is 101 cm³/mol. The zero-order valence-electron chi connectivity index (χ0n) is 14.5. The minimum absolute atomic E-state index is 0.108. The number of aromatic nitrogens is 3. The molecule has 0 unspecified atom stereocenters. The molecule has 26 heavy (non-hydrogen) atoms. The third-order valence-electron chi connectivity index (χ3n) is 4.01. The minimum Gasteiger partial charge on any atom is -0.486 e. The molecule has 2 aromatic rings. The number of nitrogens with zero attached hydrogens (tertiary/aromatic N) is 2. The number of benzene rings is 1. The molecule has 0 aliphatic carbocycles. The highest BCUT2D eigenvalue weighted by molar-refractivity contribution is 7.71. The lowest BCUT2D eigenvalue weighted by atomic mass is 10.1. The van der Waals surface area contributed by atoms with Crippen LogP contribution in [0.5, 0.6) is 11.5 Å². The summed E-state index contributed by atoms with van der Waals surface area (Å²) in [6.07, 6.45) is 2.35. The molecule has 2 N–H and O–H groups in total. The van der Waals surface area contributed by atoms with Crippen molar-refractivity contribution < 1.29 is 14.3 Å². The first-order valence-electron chi connectivity index (χ1n) is 8.57. The second kappa shape index (κ2) is 8.55. The molecular weight excluding hydrogens is 376 g/mol. The molecule has 140 valence electrons. The maximum atomic E-state index is 12.2. The minimum atomic E-state index is -0.108. The molecule has 1 aromatic heterocycles. The van der Waals surface area contributed by atoms with E-state index < -0.39 is 0 Å². The molecule has 1 aliphatic rings. The number of fused-ring (bicyclic) bond motifs is 1. The number of halogens is 1. The van der Waals surface area contributed by atoms with Crippen molar-refractivity contribution in [1.82, 2.24) is 20.1 Å². The van der Waals surface area contributed by atoms with E-state index in [1.54, 1.807) is 4.57 Å². The highest BCUT2D eigenvalue weighted by atomic mass is 35.5. The molecule has 1 aliphatic heterocycles. The van der Waals surface area contributed by atoms with Crippen LogP contribution < -0.4 is 14.8 Å². The summed E-state index contributed by atoms with van der Waals surface area (Å²) >= 11 is 11.4. The van der Waals surface area contributed by atoms with E-state index in [4.69, 9.17) is 33.3 Å². The molecule has 0 spiro atoms. The molecule has 1 aromatic carbocycles. The van der Waals surface area contributed by atoms with Crippen LogP contribution in [-0.2, 0) is 24.2 Å². The average molecular weight is 397 g/mol. The summed E-state index contributed by atoms with van der Waals surface area (Å²) in [6, 6.07) is 3.74. The predicted octanol–water partition coefficient (Wildman–Crippen LogP) is 2.68. The first-order valence-corrected chi connectivity index (χ1v) is 9.36. The number of H-pyrrole nitrogens is 1. The number of aryl methyl sites for hydroxylation is 1. The van der Waals surface area contributed by atoms with Gasteiger partial charge in [0.05, 0.1) is 5.02 Å². The Kier molecular flexibility index (Phi) is 6.16. The lowest BCUT2D eigenvalue weighted by Crippen LogP contribution is -2.30. The Morgan fingerprint density at radius 3 is 3.00 bits per heavy atom. The summed E-state index contributed by atoms with van der Waals surface area (Å²) in [4.78, 5) is 12.2. The van der Waals surface area contributed by atoms with E-state index in [2.05, 4.69) is 22.4 Å². The zero-order valence-corrected chi connectivity index (χ0v) is 16.1. The number of hydrogen-bond acceptors (Lipinski definition) is 5. The highest BCUT2D eigenvalue weighted by Gasteiger charge is 2.16. The maximum Gasteiger partial charge on any atom is 0.240 e. The van der Waals surface area contributed by atoms with Crippen molar-refractivity contribution in [2.75, 3.05) is 19.8 Å². The Morgan fingerprint density at radius 2 is 2.19 bits per heavy atom. The van der Waals surface area contributed by atoms with Gasteiger partial charge in [-0.1, -0.05) is 18.5 Å². The van der Waals surface area contributed by atoms with Crippen molar-refractivity contribution in [2.45, 2.75) is 32.7 Å². The van der Waals surface area contributed by atoms with E-state index in [9.17, 15) is 4.79 Å². The Labute approximate surface area is 161 Å². The molecule has 0 atom stereocenters. The highest BCUT2D eigenvalue weighted by Crippen LogP contribution is 2.38. The summed E-state index contributed by atoms with van der Waals surface area (Å²) in [6.45, 7) is 3.71. The molecule has 0 fully saturated rings. The summed E-state index contributed by atoms with van der Waals surface area (Å²) in [5.74, 6) is 1.93. The molecule has 9 heteroatoms. The molecule has 0 saturated heterocycles. The van der Waals surface area contributed by atoms with Gasteiger partial charge in [0.25, 0.3) is 0 Å². The average Bonchev–Trinajstić information content (AvgIpc) is 2.95. The molecule has 0 saturated carbocycles. The van der Waals surface area contributed by atoms with Crippen LogP contribution in [0.25, 0.3) is 0 Å². The van der Waals surface area contributed by atoms with Gasteiger partial charge in [-0.15, -0.1) is 0 Å². The van der Waals surface area contributed by atoms with Crippen molar-refractivity contribution in [1.29, 1.82) is 0 Å². The number of amides is 1. The number of hydrogen-bond donors (Lipinski definition) is 2. The van der Waals surface area contributed by atoms with Crippen LogP contribution in [0, 0.1) is 4.77 Å². The van der Waals surface area contributed by atoms with Crippen LogP contribution in [-0.4, -0.2) is 40.4 Å². The first kappa shape index (κ1) is 18.7. The second-order valence-corrected chi connectivity index (χ2v) is 6.78. The fourth-order valence-electron chi connectivity index (χ4n) is 2.78. The van der Waals surface area contributed by atoms with Crippen LogP contribution in [0.1, 0.15) is 24.7 Å². The molecule has 3 rings (SSSR count). The van der Waals surface area contributed by atoms with Crippen molar-refractivity contribution in [3.63, 3.8) is 0 Å². The summed E-state index contributed by atoms with van der Waals surface area (Å²) in [5.41, 5.74) is 0.978. The van der Waals surface area contributed by atoms with E-state index in [0.717, 1.165) is 24.2 Å². The van der Waals surface area contributed by atoms with Gasteiger partial charge in [-0.3, -0.25) is 14.5 Å². The van der Waals surface area contributed by atoms with E-state index in [0.29, 0.717) is 47.5 Å². The quantitative estimate of drug-likeness (QED) is 0.703. The van der Waals surface area contributed by atoms with E-state index in [1.165, 1.54) is 0 Å². The summed E-state index contributed by atoms with van der Waals surface area (Å²) < 4.78 is 13.3. The monoisotopic (exact) mass is 396 g/mol. The fourth-order valence-corrected chi connectivity index (χ4v) is 3.29. The van der Waals surface area contributed by atoms with Crippen LogP contribution in [0.4, 0.5) is 0 Å². The Hall–Kier alpha value is -2.06. The topological polar surface area (TPSA) is 81.2 Å². The van der Waals surface area contributed by atoms with Gasteiger partial charge in [0.1, 0.15) is 25.6 Å². The third kappa shape index (κ3) is 4.37. The second-order valence-electron chi connectivity index (χ2n) is 5.98. The SMILES string of the molecule is CCCc1n[nH]c(=S)n1CC(=O)NCCc1cc(Cl)c2c(c1)OCCO2. The van der Waals surface area contributed by atoms with Gasteiger partial charge in [-0.25, -0.2) is 0 Å². The van der Waals surface area contributed by atoms with Crippen LogP contribution in [0.15, 0.2) is 12.1 Å². The number of rotatable bonds is 7. The molecule has 0 bridgehead atoms. The van der Waals surface area contributed by atoms with Crippen LogP contribution in [0.3, 0.4) is 0 Å². The Bertz CT molecular complexity index is 849. The Balaban J connectivity index is 1.55. The molecular formula is C17H21ClN4O3S. The van der Waals surface area contributed by atoms with Gasteiger partial charge in [0.2, 0.25) is 5.91 Å². The van der Waals surface area contributed by atoms with Crippen molar-refractivity contribution in [2.24, 2.45) is 0 Å². The molecule has 7 nitrogen and oxygen atoms in total. The van der Waals surface area contributed by atoms with Crippen LogP contribution >= 0.6 is 23.8 Å². The smallest absolute Gasteiger partial charge is 0.240 e. The van der Waals surface area contributed by atoms with E-state index >= 15 is 0 Å². The number of ether oxygens (including phenoxy) is 2. The lowest BCUT2D eigenvalue weighted by Gasteiger charge is -2.20. The summed E-state index contributed by atoms with van der Waals surface area (Å²) in [7, 11) is 0. The maximum absolute atomic E-state index is 12.2. The normalized spacial score (nSPS) is 12.8.